The van der Waals surface area contributed by atoms with Crippen molar-refractivity contribution in [2.45, 2.75) is 19.4 Å². The third kappa shape index (κ3) is 2.51. The molecule has 1 atom stereocenters. The first kappa shape index (κ1) is 13.3. The van der Waals surface area contributed by atoms with Crippen molar-refractivity contribution >= 4 is 23.2 Å². The fourth-order valence-corrected chi connectivity index (χ4v) is 2.36. The van der Waals surface area contributed by atoms with Gasteiger partial charge in [0.2, 0.25) is 0 Å². The molecule has 1 aromatic carbocycles. The fraction of sp³-hybridized carbons (Fsp3) is 0.214. The standard InChI is InChI=1S/C14H14Cl2N2/c1-2-9-5-4-8-18-14(9)13(17)10-6-3-7-11(15)12(10)16/h3-8,13H,2,17H2,1H3. The number of nitrogens with zero attached hydrogens (tertiary/aromatic N) is 1. The molecule has 2 nitrogen and oxygen atoms in total. The molecule has 2 rings (SSSR count). The maximum atomic E-state index is 6.26. The molecule has 0 fully saturated rings. The Morgan fingerprint density at radius 1 is 1.22 bits per heavy atom. The van der Waals surface area contributed by atoms with Crippen molar-refractivity contribution in [2.24, 2.45) is 5.73 Å². The molecule has 1 unspecified atom stereocenters. The van der Waals surface area contributed by atoms with Gasteiger partial charge >= 0.3 is 0 Å². The Morgan fingerprint density at radius 2 is 2.00 bits per heavy atom. The molecule has 2 aromatic rings. The van der Waals surface area contributed by atoms with Gasteiger partial charge in [0.25, 0.3) is 0 Å². The van der Waals surface area contributed by atoms with Gasteiger partial charge in [0.05, 0.1) is 21.8 Å². The van der Waals surface area contributed by atoms with E-state index in [4.69, 9.17) is 28.9 Å². The second-order valence-corrected chi connectivity index (χ2v) is 4.81. The van der Waals surface area contributed by atoms with Crippen LogP contribution >= 0.6 is 23.2 Å². The monoisotopic (exact) mass is 280 g/mol. The molecule has 0 amide bonds. The molecule has 94 valence electrons. The summed E-state index contributed by atoms with van der Waals surface area (Å²) in [7, 11) is 0. The highest BCUT2D eigenvalue weighted by molar-refractivity contribution is 6.42. The Morgan fingerprint density at radius 3 is 2.72 bits per heavy atom. The van der Waals surface area contributed by atoms with Crippen molar-refractivity contribution < 1.29 is 0 Å². The van der Waals surface area contributed by atoms with Gasteiger partial charge in [0, 0.05) is 6.20 Å². The molecule has 0 aliphatic carbocycles. The maximum absolute atomic E-state index is 6.26. The lowest BCUT2D eigenvalue weighted by atomic mass is 9.99. The summed E-state index contributed by atoms with van der Waals surface area (Å²) in [4.78, 5) is 4.37. The molecule has 0 aliphatic rings. The molecule has 1 aromatic heterocycles. The zero-order chi connectivity index (χ0) is 13.1. The Labute approximate surface area is 117 Å². The van der Waals surface area contributed by atoms with Gasteiger partial charge in [-0.1, -0.05) is 48.3 Å². The summed E-state index contributed by atoms with van der Waals surface area (Å²) in [6.45, 7) is 2.08. The summed E-state index contributed by atoms with van der Waals surface area (Å²) in [6, 6.07) is 9.06. The zero-order valence-electron chi connectivity index (χ0n) is 10.0. The first-order chi connectivity index (χ1) is 8.65. The third-order valence-electron chi connectivity index (χ3n) is 2.92. The largest absolute Gasteiger partial charge is 0.319 e. The number of hydrogen-bond donors (Lipinski definition) is 1. The number of benzene rings is 1. The Kier molecular flexibility index (Phi) is 4.23. The number of nitrogens with two attached hydrogens (primary N) is 1. The van der Waals surface area contributed by atoms with Gasteiger partial charge in [-0.15, -0.1) is 0 Å². The Bertz CT molecular complexity index is 555. The molecule has 2 N–H and O–H groups in total. The number of aromatic nitrogens is 1. The lowest BCUT2D eigenvalue weighted by Crippen LogP contribution is -2.16. The van der Waals surface area contributed by atoms with Crippen molar-refractivity contribution in [3.05, 3.63) is 63.4 Å². The summed E-state index contributed by atoms with van der Waals surface area (Å²) in [5, 5.41) is 1.01. The van der Waals surface area contributed by atoms with Gasteiger partial charge in [-0.2, -0.15) is 0 Å². The van der Waals surface area contributed by atoms with Gasteiger partial charge in [0.1, 0.15) is 0 Å². The predicted octanol–water partition coefficient (Wildman–Crippen LogP) is 4.00. The summed E-state index contributed by atoms with van der Waals surface area (Å²) >= 11 is 12.2. The van der Waals surface area contributed by atoms with Crippen molar-refractivity contribution in [3.8, 4) is 0 Å². The van der Waals surface area contributed by atoms with Crippen LogP contribution in [0.1, 0.15) is 29.8 Å². The van der Waals surface area contributed by atoms with Crippen LogP contribution in [0, 0.1) is 0 Å². The number of hydrogen-bond acceptors (Lipinski definition) is 2. The van der Waals surface area contributed by atoms with Gasteiger partial charge in [-0.05, 0) is 29.7 Å². The molecule has 0 aliphatic heterocycles. The summed E-state index contributed by atoms with van der Waals surface area (Å²) in [5.41, 5.74) is 9.04. The van der Waals surface area contributed by atoms with E-state index < -0.39 is 0 Å². The minimum absolute atomic E-state index is 0.354. The van der Waals surface area contributed by atoms with E-state index in [2.05, 4.69) is 11.9 Å². The summed E-state index contributed by atoms with van der Waals surface area (Å²) < 4.78 is 0. The fourth-order valence-electron chi connectivity index (χ4n) is 1.94. The van der Waals surface area contributed by atoms with Gasteiger partial charge in [-0.25, -0.2) is 0 Å². The van der Waals surface area contributed by atoms with Gasteiger partial charge < -0.3 is 5.73 Å². The maximum Gasteiger partial charge on any atom is 0.0744 e. The van der Waals surface area contributed by atoms with Crippen molar-refractivity contribution in [1.82, 2.24) is 4.98 Å². The molecule has 0 saturated heterocycles. The number of aryl methyl sites for hydroxylation is 1. The van der Waals surface area contributed by atoms with Crippen molar-refractivity contribution in [2.75, 3.05) is 0 Å². The first-order valence-electron chi connectivity index (χ1n) is 5.78. The predicted molar refractivity (Wildman–Crippen MR) is 76.1 cm³/mol. The number of halogens is 2. The molecule has 4 heteroatoms. The average molecular weight is 281 g/mol. The van der Waals surface area contributed by atoms with E-state index in [9.17, 15) is 0 Å². The quantitative estimate of drug-likeness (QED) is 0.923. The van der Waals surface area contributed by atoms with E-state index in [1.807, 2.05) is 24.3 Å². The number of pyridine rings is 1. The lowest BCUT2D eigenvalue weighted by Gasteiger charge is -2.16. The van der Waals surface area contributed by atoms with E-state index in [1.165, 1.54) is 0 Å². The second-order valence-electron chi connectivity index (χ2n) is 4.02. The molecular formula is C14H14Cl2N2. The highest BCUT2D eigenvalue weighted by Crippen LogP contribution is 2.32. The second kappa shape index (κ2) is 5.70. The molecule has 1 heterocycles. The minimum Gasteiger partial charge on any atom is -0.319 e. The van der Waals surface area contributed by atoms with Crippen molar-refractivity contribution in [1.29, 1.82) is 0 Å². The SMILES string of the molecule is CCc1cccnc1C(N)c1cccc(Cl)c1Cl. The molecule has 0 saturated carbocycles. The zero-order valence-corrected chi connectivity index (χ0v) is 11.5. The third-order valence-corrected chi connectivity index (χ3v) is 3.75. The lowest BCUT2D eigenvalue weighted by molar-refractivity contribution is 0.806. The van der Waals surface area contributed by atoms with Crippen LogP contribution in [-0.4, -0.2) is 4.98 Å². The smallest absolute Gasteiger partial charge is 0.0744 e. The highest BCUT2D eigenvalue weighted by Gasteiger charge is 2.17. The van der Waals surface area contributed by atoms with Gasteiger partial charge in [0.15, 0.2) is 0 Å². The minimum atomic E-state index is -0.354. The van der Waals surface area contributed by atoms with E-state index >= 15 is 0 Å². The van der Waals surface area contributed by atoms with E-state index in [0.717, 1.165) is 23.2 Å². The molecule has 18 heavy (non-hydrogen) atoms. The topological polar surface area (TPSA) is 38.9 Å². The molecular weight excluding hydrogens is 267 g/mol. The van der Waals surface area contributed by atoms with Crippen LogP contribution in [0.5, 0.6) is 0 Å². The van der Waals surface area contributed by atoms with Crippen LogP contribution in [0.25, 0.3) is 0 Å². The van der Waals surface area contributed by atoms with Crippen LogP contribution < -0.4 is 5.73 Å². The number of rotatable bonds is 3. The molecule has 0 bridgehead atoms. The van der Waals surface area contributed by atoms with Crippen LogP contribution in [0.2, 0.25) is 10.0 Å². The van der Waals surface area contributed by atoms with Gasteiger partial charge in [-0.3, -0.25) is 4.98 Å². The summed E-state index contributed by atoms with van der Waals surface area (Å²) in [5.74, 6) is 0. The first-order valence-corrected chi connectivity index (χ1v) is 6.54. The molecule has 0 radical (unpaired) electrons. The van der Waals surface area contributed by atoms with Crippen LogP contribution in [-0.2, 0) is 6.42 Å². The van der Waals surface area contributed by atoms with E-state index in [-0.39, 0.29) is 6.04 Å². The van der Waals surface area contributed by atoms with Crippen molar-refractivity contribution in [3.63, 3.8) is 0 Å². The van der Waals surface area contributed by atoms with Crippen LogP contribution in [0.15, 0.2) is 36.5 Å². The van der Waals surface area contributed by atoms with Crippen LogP contribution in [0.3, 0.4) is 0 Å². The average Bonchev–Trinajstić information content (AvgIpc) is 2.41. The summed E-state index contributed by atoms with van der Waals surface area (Å²) in [6.07, 6.45) is 2.63. The van der Waals surface area contributed by atoms with Crippen LogP contribution in [0.4, 0.5) is 0 Å². The van der Waals surface area contributed by atoms with E-state index in [1.54, 1.807) is 12.3 Å². The normalized spacial score (nSPS) is 12.4. The Balaban J connectivity index is 2.48. The highest BCUT2D eigenvalue weighted by atomic mass is 35.5. The Hall–Kier alpha value is -1.09. The van der Waals surface area contributed by atoms with E-state index in [0.29, 0.717) is 10.0 Å². The molecule has 0 spiro atoms.